The van der Waals surface area contributed by atoms with Crippen LogP contribution in [-0.4, -0.2) is 55.8 Å². The zero-order chi connectivity index (χ0) is 23.6. The van der Waals surface area contributed by atoms with Crippen molar-refractivity contribution in [3.8, 4) is 0 Å². The lowest BCUT2D eigenvalue weighted by molar-refractivity contribution is 0.0972. The highest BCUT2D eigenvalue weighted by Crippen LogP contribution is 2.39. The number of alkyl halides is 1. The third-order valence-electron chi connectivity index (χ3n) is 5.90. The number of nitrogens with two attached hydrogens (primary N) is 1. The second-order valence-corrected chi connectivity index (χ2v) is 9.32. The fourth-order valence-corrected chi connectivity index (χ4v) is 4.89. The average Bonchev–Trinajstić information content (AvgIpc) is 2.75. The Kier molecular flexibility index (Phi) is 11.2. The highest BCUT2D eigenvalue weighted by atomic mass is 35.5. The Balaban J connectivity index is 2.19. The maximum atomic E-state index is 12.8. The lowest BCUT2D eigenvalue weighted by Gasteiger charge is -2.47. The van der Waals surface area contributed by atoms with E-state index in [2.05, 4.69) is 27.9 Å². The summed E-state index contributed by atoms with van der Waals surface area (Å²) in [6.45, 7) is 5.58. The molecular weight excluding hydrogens is 449 g/mol. The van der Waals surface area contributed by atoms with E-state index in [0.29, 0.717) is 36.3 Å². The first-order chi connectivity index (χ1) is 15.3. The van der Waals surface area contributed by atoms with E-state index in [1.54, 1.807) is 24.3 Å². The molecule has 2 rings (SSSR count). The smallest absolute Gasteiger partial charge is 0.257 e. The molecular formula is C23H37Cl2N5O2. The molecule has 32 heavy (non-hydrogen) atoms. The molecule has 1 fully saturated rings. The van der Waals surface area contributed by atoms with Gasteiger partial charge in [0, 0.05) is 34.0 Å². The number of nitrogens with zero attached hydrogens (tertiary/aromatic N) is 1. The number of aliphatic imine (C=N–C) groups is 1. The molecule has 0 spiro atoms. The van der Waals surface area contributed by atoms with Crippen molar-refractivity contribution in [3.63, 3.8) is 0 Å². The maximum Gasteiger partial charge on any atom is 0.257 e. The Morgan fingerprint density at radius 1 is 1.31 bits per heavy atom. The molecule has 5 N–H and O–H groups in total. The predicted octanol–water partition coefficient (Wildman–Crippen LogP) is 3.50. The summed E-state index contributed by atoms with van der Waals surface area (Å²) in [5.41, 5.74) is 6.98. The zero-order valence-corrected chi connectivity index (χ0v) is 20.8. The summed E-state index contributed by atoms with van der Waals surface area (Å²) in [7, 11) is 1.88. The third-order valence-corrected chi connectivity index (χ3v) is 6.52. The van der Waals surface area contributed by atoms with Gasteiger partial charge >= 0.3 is 0 Å². The van der Waals surface area contributed by atoms with Crippen LogP contribution in [-0.2, 0) is 4.74 Å². The van der Waals surface area contributed by atoms with E-state index >= 15 is 0 Å². The number of amides is 1. The van der Waals surface area contributed by atoms with Gasteiger partial charge in [-0.05, 0) is 63.9 Å². The van der Waals surface area contributed by atoms with Crippen molar-refractivity contribution in [1.82, 2.24) is 16.0 Å². The van der Waals surface area contributed by atoms with Crippen LogP contribution >= 0.6 is 23.2 Å². The third kappa shape index (κ3) is 7.89. The van der Waals surface area contributed by atoms with Crippen LogP contribution in [0.25, 0.3) is 0 Å². The summed E-state index contributed by atoms with van der Waals surface area (Å²) in [6.07, 6.45) is 4.25. The molecule has 1 aromatic carbocycles. The predicted molar refractivity (Wildman–Crippen MR) is 133 cm³/mol. The number of halogens is 2. The van der Waals surface area contributed by atoms with Crippen LogP contribution in [0.4, 0.5) is 0 Å². The maximum absolute atomic E-state index is 12.8. The standard InChI is InChI=1S/C23H37Cl2N5O2/c1-4-12-23(26)15-18(25)10-11-19(23)20(27-3)29-22(28-13-14-32-5-2)30-21(31)16-6-8-17(24)9-7-16/h6-9,18-20,27H,4-5,10-15,26H2,1-3H3,(H2,28,29,30,31). The van der Waals surface area contributed by atoms with Crippen molar-refractivity contribution in [2.24, 2.45) is 16.6 Å². The van der Waals surface area contributed by atoms with Gasteiger partial charge in [0.25, 0.3) is 5.91 Å². The first-order valence-electron chi connectivity index (χ1n) is 11.4. The molecule has 1 saturated carbocycles. The molecule has 7 nitrogen and oxygen atoms in total. The summed E-state index contributed by atoms with van der Waals surface area (Å²) in [4.78, 5) is 17.4. The van der Waals surface area contributed by atoms with E-state index in [0.717, 1.165) is 32.1 Å². The normalized spacial score (nSPS) is 24.8. The second kappa shape index (κ2) is 13.4. The average molecular weight is 486 g/mol. The monoisotopic (exact) mass is 485 g/mol. The Hall–Kier alpha value is -1.38. The first-order valence-corrected chi connectivity index (χ1v) is 12.2. The highest BCUT2D eigenvalue weighted by molar-refractivity contribution is 6.30. The van der Waals surface area contributed by atoms with Crippen LogP contribution in [0, 0.1) is 5.92 Å². The van der Waals surface area contributed by atoms with Crippen LogP contribution in [0.3, 0.4) is 0 Å². The van der Waals surface area contributed by atoms with Gasteiger partial charge in [0.05, 0.1) is 19.3 Å². The molecule has 0 saturated heterocycles. The molecule has 0 bridgehead atoms. The van der Waals surface area contributed by atoms with Crippen molar-refractivity contribution in [1.29, 1.82) is 0 Å². The Bertz CT molecular complexity index is 746. The summed E-state index contributed by atoms with van der Waals surface area (Å²) in [6, 6.07) is 6.73. The highest BCUT2D eigenvalue weighted by Gasteiger charge is 2.43. The van der Waals surface area contributed by atoms with Crippen molar-refractivity contribution >= 4 is 35.1 Å². The summed E-state index contributed by atoms with van der Waals surface area (Å²) >= 11 is 12.4. The lowest BCUT2D eigenvalue weighted by Crippen LogP contribution is -2.64. The van der Waals surface area contributed by atoms with E-state index in [9.17, 15) is 4.79 Å². The SMILES string of the molecule is CCCC1(N)CC(Cl)CCC1C(NC)NC(=NCCOCC)NC(=O)c1ccc(Cl)cc1. The molecule has 1 aromatic rings. The molecule has 0 aromatic heterocycles. The molecule has 1 amide bonds. The molecule has 9 heteroatoms. The Labute approximate surface area is 201 Å². The topological polar surface area (TPSA) is 101 Å². The van der Waals surface area contributed by atoms with Gasteiger partial charge in [-0.25, -0.2) is 0 Å². The van der Waals surface area contributed by atoms with Gasteiger partial charge in [-0.3, -0.25) is 15.1 Å². The molecule has 0 radical (unpaired) electrons. The van der Waals surface area contributed by atoms with Crippen LogP contribution in [0.5, 0.6) is 0 Å². The van der Waals surface area contributed by atoms with E-state index < -0.39 is 5.54 Å². The largest absolute Gasteiger partial charge is 0.380 e. The number of nitrogens with one attached hydrogen (secondary N) is 3. The molecule has 4 atom stereocenters. The van der Waals surface area contributed by atoms with Crippen LogP contribution in [0.2, 0.25) is 5.02 Å². The van der Waals surface area contributed by atoms with Crippen LogP contribution in [0.1, 0.15) is 56.3 Å². The number of hydrogen-bond donors (Lipinski definition) is 4. The molecule has 180 valence electrons. The number of rotatable bonds is 10. The Morgan fingerprint density at radius 3 is 2.66 bits per heavy atom. The first kappa shape index (κ1) is 26.9. The minimum atomic E-state index is -0.392. The van der Waals surface area contributed by atoms with Gasteiger partial charge < -0.3 is 21.1 Å². The van der Waals surface area contributed by atoms with E-state index in [-0.39, 0.29) is 23.4 Å². The van der Waals surface area contributed by atoms with Gasteiger partial charge in [-0.15, -0.1) is 11.6 Å². The quantitative estimate of drug-likeness (QED) is 0.133. The second-order valence-electron chi connectivity index (χ2n) is 8.27. The van der Waals surface area contributed by atoms with E-state index in [1.807, 2.05) is 14.0 Å². The fourth-order valence-electron chi connectivity index (χ4n) is 4.35. The number of guanidine groups is 1. The van der Waals surface area contributed by atoms with Gasteiger partial charge in [0.2, 0.25) is 0 Å². The van der Waals surface area contributed by atoms with Crippen molar-refractivity contribution < 1.29 is 9.53 Å². The lowest BCUT2D eigenvalue weighted by atomic mass is 9.69. The number of benzene rings is 1. The minimum absolute atomic E-state index is 0.0873. The Morgan fingerprint density at radius 2 is 2.03 bits per heavy atom. The van der Waals surface area contributed by atoms with Crippen LogP contribution < -0.4 is 21.7 Å². The minimum Gasteiger partial charge on any atom is -0.380 e. The number of carbonyl (C=O) groups is 1. The zero-order valence-electron chi connectivity index (χ0n) is 19.3. The van der Waals surface area contributed by atoms with Crippen molar-refractivity contribution in [2.75, 3.05) is 26.8 Å². The van der Waals surface area contributed by atoms with E-state index in [4.69, 9.17) is 33.7 Å². The van der Waals surface area contributed by atoms with Gasteiger partial charge in [0.15, 0.2) is 5.96 Å². The molecule has 1 aliphatic rings. The van der Waals surface area contributed by atoms with Gasteiger partial charge in [-0.2, -0.15) is 0 Å². The number of carbonyl (C=O) groups excluding carboxylic acids is 1. The van der Waals surface area contributed by atoms with E-state index in [1.165, 1.54) is 0 Å². The van der Waals surface area contributed by atoms with Gasteiger partial charge in [0.1, 0.15) is 0 Å². The summed E-state index contributed by atoms with van der Waals surface area (Å²) in [5, 5.41) is 10.3. The molecule has 4 unspecified atom stereocenters. The molecule has 1 aliphatic carbocycles. The molecule has 0 aliphatic heterocycles. The van der Waals surface area contributed by atoms with Crippen LogP contribution in [0.15, 0.2) is 29.3 Å². The van der Waals surface area contributed by atoms with Crippen molar-refractivity contribution in [3.05, 3.63) is 34.9 Å². The fraction of sp³-hybridized carbons (Fsp3) is 0.652. The summed E-state index contributed by atoms with van der Waals surface area (Å²) < 4.78 is 5.40. The molecule has 0 heterocycles. The summed E-state index contributed by atoms with van der Waals surface area (Å²) in [5.74, 6) is 0.249. The number of ether oxygens (including phenoxy) is 1. The number of hydrogen-bond acceptors (Lipinski definition) is 5. The van der Waals surface area contributed by atoms with Crippen molar-refractivity contribution in [2.45, 2.75) is 63.0 Å². The van der Waals surface area contributed by atoms with Gasteiger partial charge in [-0.1, -0.05) is 24.9 Å².